The van der Waals surface area contributed by atoms with Gasteiger partial charge in [0, 0.05) is 24.5 Å². The predicted molar refractivity (Wildman–Crippen MR) is 137 cm³/mol. The van der Waals surface area contributed by atoms with E-state index in [9.17, 15) is 4.79 Å². The Hall–Kier alpha value is -3.45. The van der Waals surface area contributed by atoms with Crippen molar-refractivity contribution >= 4 is 17.0 Å². The quantitative estimate of drug-likeness (QED) is 0.425. The molecule has 0 radical (unpaired) electrons. The molecule has 4 N–H and O–H groups in total. The lowest BCUT2D eigenvalue weighted by molar-refractivity contribution is 0.187. The van der Waals surface area contributed by atoms with Gasteiger partial charge in [0.15, 0.2) is 5.65 Å². The van der Waals surface area contributed by atoms with Crippen LogP contribution in [0.4, 0.5) is 5.95 Å². The van der Waals surface area contributed by atoms with Crippen molar-refractivity contribution in [2.45, 2.75) is 50.5 Å². The molecule has 7 heteroatoms. The fourth-order valence-electron chi connectivity index (χ4n) is 6.62. The fraction of sp³-hybridized carbons (Fsp3) is 0.393. The maximum Gasteiger partial charge on any atom is 0.263 e. The molecule has 0 bridgehead atoms. The summed E-state index contributed by atoms with van der Waals surface area (Å²) in [4.78, 5) is 23.4. The van der Waals surface area contributed by atoms with Gasteiger partial charge in [0.25, 0.3) is 5.56 Å². The van der Waals surface area contributed by atoms with Crippen LogP contribution < -0.4 is 16.2 Å². The maximum atomic E-state index is 13.3. The number of hydrogen-bond acceptors (Lipinski definition) is 5. The van der Waals surface area contributed by atoms with Crippen molar-refractivity contribution in [1.82, 2.24) is 20.2 Å². The molecule has 1 atom stereocenters. The number of rotatable bonds is 3. The average Bonchev–Trinajstić information content (AvgIpc) is 3.48. The number of anilines is 1. The predicted octanol–water partition coefficient (Wildman–Crippen LogP) is 3.88. The molecule has 7 nitrogen and oxygen atoms in total. The van der Waals surface area contributed by atoms with Crippen LogP contribution in [-0.2, 0) is 11.8 Å². The monoisotopic (exact) mass is 466 g/mol. The van der Waals surface area contributed by atoms with Crippen molar-refractivity contribution in [3.8, 4) is 0 Å². The molecule has 2 aliphatic carbocycles. The average molecular weight is 467 g/mol. The van der Waals surface area contributed by atoms with Gasteiger partial charge in [-0.05, 0) is 61.1 Å². The number of benzene rings is 2. The molecule has 2 aromatic heterocycles. The first-order chi connectivity index (χ1) is 17.0. The Bertz CT molecular complexity index is 1510. The third kappa shape index (κ3) is 3.04. The number of aryl methyl sites for hydroxylation is 1. The van der Waals surface area contributed by atoms with Gasteiger partial charge in [-0.25, -0.2) is 0 Å². The fourth-order valence-corrected chi connectivity index (χ4v) is 6.62. The Morgan fingerprint density at radius 2 is 1.86 bits per heavy atom. The number of aromatic amines is 2. The van der Waals surface area contributed by atoms with Crippen molar-refractivity contribution < 1.29 is 0 Å². The second kappa shape index (κ2) is 7.28. The van der Waals surface area contributed by atoms with Gasteiger partial charge in [-0.1, -0.05) is 54.1 Å². The molecule has 1 saturated carbocycles. The van der Waals surface area contributed by atoms with E-state index in [4.69, 9.17) is 10.7 Å². The lowest BCUT2D eigenvalue weighted by Gasteiger charge is -2.42. The van der Waals surface area contributed by atoms with Crippen LogP contribution in [0.2, 0.25) is 0 Å². The molecule has 2 fully saturated rings. The van der Waals surface area contributed by atoms with Crippen LogP contribution >= 0.6 is 0 Å². The molecule has 1 spiro atoms. The number of hydrogen-bond donors (Lipinski definition) is 3. The molecule has 3 heterocycles. The van der Waals surface area contributed by atoms with Gasteiger partial charge >= 0.3 is 0 Å². The highest BCUT2D eigenvalue weighted by atomic mass is 16.1. The molecule has 0 unspecified atom stereocenters. The minimum absolute atomic E-state index is 0.0712. The number of H-pyrrole nitrogens is 2. The van der Waals surface area contributed by atoms with Gasteiger partial charge in [-0.15, -0.1) is 0 Å². The first kappa shape index (κ1) is 20.9. The van der Waals surface area contributed by atoms with Crippen molar-refractivity contribution in [3.05, 3.63) is 86.8 Å². The molecule has 4 aromatic rings. The molecular formula is C28H30N6O. The van der Waals surface area contributed by atoms with E-state index in [-0.39, 0.29) is 22.4 Å². The maximum absolute atomic E-state index is 13.3. The number of nitrogens with two attached hydrogens (primary N) is 1. The first-order valence-electron chi connectivity index (χ1n) is 12.6. The Morgan fingerprint density at radius 3 is 2.60 bits per heavy atom. The zero-order valence-electron chi connectivity index (χ0n) is 20.0. The Balaban J connectivity index is 1.17. The van der Waals surface area contributed by atoms with E-state index in [1.165, 1.54) is 22.3 Å². The number of fused-ring (bicyclic) bond motifs is 2. The Morgan fingerprint density at radius 1 is 1.06 bits per heavy atom. The van der Waals surface area contributed by atoms with E-state index in [2.05, 4.69) is 75.5 Å². The minimum Gasteiger partial charge on any atom is -0.342 e. The summed E-state index contributed by atoms with van der Waals surface area (Å²) in [5.41, 5.74) is 13.1. The van der Waals surface area contributed by atoms with Crippen LogP contribution in [0, 0.1) is 12.3 Å². The van der Waals surface area contributed by atoms with Crippen molar-refractivity contribution in [2.75, 3.05) is 18.0 Å². The molecule has 1 saturated heterocycles. The van der Waals surface area contributed by atoms with Crippen LogP contribution in [0.25, 0.3) is 11.0 Å². The topological polar surface area (TPSA) is 104 Å². The van der Waals surface area contributed by atoms with Crippen molar-refractivity contribution in [3.63, 3.8) is 0 Å². The number of nitrogens with one attached hydrogen (secondary N) is 2. The molecule has 1 aliphatic heterocycles. The van der Waals surface area contributed by atoms with E-state index < -0.39 is 0 Å². The van der Waals surface area contributed by atoms with Gasteiger partial charge in [-0.2, -0.15) is 10.1 Å². The SMILES string of the molecule is Cc1cccc(C2(c3n[nH]c4nc(N5CCC6(CC5)Cc5ccccc5[C@H]6N)[nH]c(=O)c34)CC2)c1. The number of aromatic nitrogens is 4. The summed E-state index contributed by atoms with van der Waals surface area (Å²) in [5, 5.41) is 8.30. The van der Waals surface area contributed by atoms with Crippen LogP contribution in [0.3, 0.4) is 0 Å². The number of piperidine rings is 1. The van der Waals surface area contributed by atoms with Gasteiger partial charge in [0.05, 0.1) is 5.69 Å². The molecule has 3 aliphatic rings. The highest BCUT2D eigenvalue weighted by Crippen LogP contribution is 2.54. The lowest BCUT2D eigenvalue weighted by atomic mass is 9.73. The van der Waals surface area contributed by atoms with Crippen molar-refractivity contribution in [1.29, 1.82) is 0 Å². The summed E-state index contributed by atoms with van der Waals surface area (Å²) in [7, 11) is 0. The molecular weight excluding hydrogens is 436 g/mol. The smallest absolute Gasteiger partial charge is 0.263 e. The lowest BCUT2D eigenvalue weighted by Crippen LogP contribution is -2.45. The van der Waals surface area contributed by atoms with Crippen LogP contribution in [0.1, 0.15) is 59.7 Å². The zero-order chi connectivity index (χ0) is 23.8. The summed E-state index contributed by atoms with van der Waals surface area (Å²) in [5.74, 6) is 0.622. The van der Waals surface area contributed by atoms with E-state index in [0.717, 1.165) is 50.9 Å². The normalized spacial score (nSPS) is 22.0. The van der Waals surface area contributed by atoms with Crippen LogP contribution in [0.5, 0.6) is 0 Å². The highest BCUT2D eigenvalue weighted by Gasteiger charge is 2.50. The van der Waals surface area contributed by atoms with E-state index in [0.29, 0.717) is 17.0 Å². The van der Waals surface area contributed by atoms with Gasteiger partial charge < -0.3 is 10.6 Å². The number of nitrogens with zero attached hydrogens (tertiary/aromatic N) is 3. The van der Waals surface area contributed by atoms with E-state index >= 15 is 0 Å². The first-order valence-corrected chi connectivity index (χ1v) is 12.6. The van der Waals surface area contributed by atoms with Gasteiger partial charge in [0.2, 0.25) is 5.95 Å². The summed E-state index contributed by atoms with van der Waals surface area (Å²) >= 11 is 0. The minimum atomic E-state index is -0.189. The molecule has 0 amide bonds. The molecule has 2 aromatic carbocycles. The van der Waals surface area contributed by atoms with Crippen LogP contribution in [-0.4, -0.2) is 33.3 Å². The molecule has 7 rings (SSSR count). The Labute approximate surface area is 203 Å². The van der Waals surface area contributed by atoms with E-state index in [1.54, 1.807) is 0 Å². The largest absolute Gasteiger partial charge is 0.342 e. The summed E-state index contributed by atoms with van der Waals surface area (Å²) < 4.78 is 0. The highest BCUT2D eigenvalue weighted by molar-refractivity contribution is 5.80. The van der Waals surface area contributed by atoms with Gasteiger partial charge in [0.1, 0.15) is 5.39 Å². The Kier molecular flexibility index (Phi) is 4.34. The van der Waals surface area contributed by atoms with Crippen molar-refractivity contribution in [2.24, 2.45) is 11.1 Å². The summed E-state index contributed by atoms with van der Waals surface area (Å²) in [6, 6.07) is 17.2. The third-order valence-corrected chi connectivity index (χ3v) is 8.84. The molecule has 35 heavy (non-hydrogen) atoms. The second-order valence-corrected chi connectivity index (χ2v) is 10.8. The summed E-state index contributed by atoms with van der Waals surface area (Å²) in [6.45, 7) is 3.75. The zero-order valence-corrected chi connectivity index (χ0v) is 20.0. The molecule has 178 valence electrons. The second-order valence-electron chi connectivity index (χ2n) is 10.8. The summed E-state index contributed by atoms with van der Waals surface area (Å²) in [6.07, 6.45) is 4.99. The third-order valence-electron chi connectivity index (χ3n) is 8.84. The standard InChI is InChI=1S/C28H30N6O/c1-17-5-4-7-19(15-17)28(9-10-28)23-21-24(33-32-23)30-26(31-25(21)35)34-13-11-27(12-14-34)16-18-6-2-3-8-20(18)22(27)29/h2-8,15,22H,9-14,16,29H2,1H3,(H2,30,31,32,33,35)/t22-/m1/s1. The van der Waals surface area contributed by atoms with E-state index in [1.807, 2.05) is 0 Å². The van der Waals surface area contributed by atoms with Gasteiger partial charge in [-0.3, -0.25) is 14.9 Å². The van der Waals surface area contributed by atoms with Crippen LogP contribution in [0.15, 0.2) is 53.3 Å².